The standard InChI is InChI=1S/C21H19ClN2O3/c1-13-6-7-19-17(8-13)18(9-14(2)24-19)21(26)27-12-20(25)23-11-15-4-3-5-16(22)10-15/h3-10H,11-12H2,1-2H3,(H,23,25). The van der Waals surface area contributed by atoms with Crippen molar-refractivity contribution < 1.29 is 14.3 Å². The number of hydrogen-bond donors (Lipinski definition) is 1. The van der Waals surface area contributed by atoms with Crippen LogP contribution in [-0.2, 0) is 16.1 Å². The van der Waals surface area contributed by atoms with E-state index in [1.807, 2.05) is 44.2 Å². The summed E-state index contributed by atoms with van der Waals surface area (Å²) < 4.78 is 5.20. The number of aryl methyl sites for hydroxylation is 2. The Labute approximate surface area is 162 Å². The normalized spacial score (nSPS) is 10.6. The van der Waals surface area contributed by atoms with Crippen LogP contribution in [0.1, 0.15) is 27.2 Å². The fourth-order valence-electron chi connectivity index (χ4n) is 2.75. The topological polar surface area (TPSA) is 68.3 Å². The molecule has 1 N–H and O–H groups in total. The summed E-state index contributed by atoms with van der Waals surface area (Å²) >= 11 is 5.92. The Morgan fingerprint density at radius 1 is 1.11 bits per heavy atom. The molecule has 0 aliphatic rings. The maximum atomic E-state index is 12.5. The van der Waals surface area contributed by atoms with Crippen LogP contribution in [0, 0.1) is 13.8 Å². The highest BCUT2D eigenvalue weighted by atomic mass is 35.5. The minimum Gasteiger partial charge on any atom is -0.452 e. The molecule has 0 saturated carbocycles. The molecule has 0 bridgehead atoms. The maximum absolute atomic E-state index is 12.5. The van der Waals surface area contributed by atoms with Gasteiger partial charge in [-0.25, -0.2) is 4.79 Å². The van der Waals surface area contributed by atoms with Gasteiger partial charge in [0.15, 0.2) is 6.61 Å². The smallest absolute Gasteiger partial charge is 0.339 e. The van der Waals surface area contributed by atoms with Crippen LogP contribution in [0.5, 0.6) is 0 Å². The van der Waals surface area contributed by atoms with E-state index >= 15 is 0 Å². The SMILES string of the molecule is Cc1ccc2nc(C)cc(C(=O)OCC(=O)NCc3cccc(Cl)c3)c2c1. The molecule has 0 atom stereocenters. The molecule has 138 valence electrons. The van der Waals surface area contributed by atoms with Gasteiger partial charge in [-0.2, -0.15) is 0 Å². The third-order valence-electron chi connectivity index (χ3n) is 4.03. The Bertz CT molecular complexity index is 1020. The molecule has 0 fully saturated rings. The monoisotopic (exact) mass is 382 g/mol. The number of fused-ring (bicyclic) bond motifs is 1. The van der Waals surface area contributed by atoms with Crippen LogP contribution in [-0.4, -0.2) is 23.5 Å². The van der Waals surface area contributed by atoms with E-state index in [9.17, 15) is 9.59 Å². The number of nitrogens with one attached hydrogen (secondary N) is 1. The van der Waals surface area contributed by atoms with Gasteiger partial charge in [0.25, 0.3) is 5.91 Å². The maximum Gasteiger partial charge on any atom is 0.339 e. The number of halogens is 1. The lowest BCUT2D eigenvalue weighted by Gasteiger charge is -2.10. The van der Waals surface area contributed by atoms with Gasteiger partial charge in [0.2, 0.25) is 0 Å². The zero-order chi connectivity index (χ0) is 19.4. The highest BCUT2D eigenvalue weighted by Gasteiger charge is 2.15. The molecule has 5 nitrogen and oxygen atoms in total. The van der Waals surface area contributed by atoms with Gasteiger partial charge in [-0.3, -0.25) is 9.78 Å². The van der Waals surface area contributed by atoms with Crippen LogP contribution in [0.3, 0.4) is 0 Å². The fraction of sp³-hybridized carbons (Fsp3) is 0.190. The predicted octanol–water partition coefficient (Wildman–Crippen LogP) is 3.98. The summed E-state index contributed by atoms with van der Waals surface area (Å²) in [7, 11) is 0. The molecule has 0 unspecified atom stereocenters. The van der Waals surface area contributed by atoms with E-state index in [-0.39, 0.29) is 12.5 Å². The molecule has 27 heavy (non-hydrogen) atoms. The molecule has 1 heterocycles. The first kappa shape index (κ1) is 18.9. The molecule has 3 rings (SSSR count). The molecule has 0 aliphatic heterocycles. The van der Waals surface area contributed by atoms with Crippen LogP contribution in [0.2, 0.25) is 5.02 Å². The Hall–Kier alpha value is -2.92. The molecule has 0 radical (unpaired) electrons. The van der Waals surface area contributed by atoms with Gasteiger partial charge in [0, 0.05) is 22.6 Å². The number of rotatable bonds is 5. The fourth-order valence-corrected chi connectivity index (χ4v) is 2.96. The third-order valence-corrected chi connectivity index (χ3v) is 4.26. The van der Waals surface area contributed by atoms with Crippen molar-refractivity contribution in [2.24, 2.45) is 0 Å². The van der Waals surface area contributed by atoms with Gasteiger partial charge < -0.3 is 10.1 Å². The van der Waals surface area contributed by atoms with Gasteiger partial charge >= 0.3 is 5.97 Å². The van der Waals surface area contributed by atoms with Crippen LogP contribution < -0.4 is 5.32 Å². The number of esters is 1. The first-order valence-corrected chi connectivity index (χ1v) is 8.86. The van der Waals surface area contributed by atoms with E-state index in [1.54, 1.807) is 18.2 Å². The van der Waals surface area contributed by atoms with Crippen molar-refractivity contribution in [3.63, 3.8) is 0 Å². The zero-order valence-corrected chi connectivity index (χ0v) is 15.8. The predicted molar refractivity (Wildman–Crippen MR) is 105 cm³/mol. The third kappa shape index (κ3) is 4.83. The average Bonchev–Trinajstić information content (AvgIpc) is 2.64. The minimum absolute atomic E-state index is 0.313. The lowest BCUT2D eigenvalue weighted by Crippen LogP contribution is -2.28. The second-order valence-corrected chi connectivity index (χ2v) is 6.75. The second-order valence-electron chi connectivity index (χ2n) is 6.31. The zero-order valence-electron chi connectivity index (χ0n) is 15.1. The van der Waals surface area contributed by atoms with Gasteiger partial charge in [0.1, 0.15) is 0 Å². The Kier molecular flexibility index (Phi) is 5.72. The summed E-state index contributed by atoms with van der Waals surface area (Å²) in [5, 5.41) is 4.02. The first-order chi connectivity index (χ1) is 12.9. The highest BCUT2D eigenvalue weighted by molar-refractivity contribution is 6.30. The number of hydrogen-bond acceptors (Lipinski definition) is 4. The van der Waals surface area contributed by atoms with Crippen LogP contribution >= 0.6 is 11.6 Å². The summed E-state index contributed by atoms with van der Waals surface area (Å²) in [6, 6.07) is 14.6. The average molecular weight is 383 g/mol. The highest BCUT2D eigenvalue weighted by Crippen LogP contribution is 2.20. The van der Waals surface area contributed by atoms with Crippen molar-refractivity contribution in [1.82, 2.24) is 10.3 Å². The number of carbonyl (C=O) groups excluding carboxylic acids is 2. The van der Waals surface area contributed by atoms with Crippen molar-refractivity contribution in [2.75, 3.05) is 6.61 Å². The molecular formula is C21H19ClN2O3. The van der Waals surface area contributed by atoms with Crippen molar-refractivity contribution in [2.45, 2.75) is 20.4 Å². The number of carbonyl (C=O) groups is 2. The van der Waals surface area contributed by atoms with Crippen LogP contribution in [0.25, 0.3) is 10.9 Å². The van der Waals surface area contributed by atoms with E-state index in [0.717, 1.165) is 16.6 Å². The molecule has 6 heteroatoms. The van der Waals surface area contributed by atoms with E-state index < -0.39 is 5.97 Å². The number of ether oxygens (including phenoxy) is 1. The van der Waals surface area contributed by atoms with Gasteiger partial charge in [0.05, 0.1) is 11.1 Å². The minimum atomic E-state index is -0.547. The molecule has 1 aromatic heterocycles. The van der Waals surface area contributed by atoms with Crippen molar-refractivity contribution in [1.29, 1.82) is 0 Å². The second kappa shape index (κ2) is 8.18. The van der Waals surface area contributed by atoms with Crippen molar-refractivity contribution in [3.05, 3.63) is 75.9 Å². The van der Waals surface area contributed by atoms with Crippen molar-refractivity contribution >= 4 is 34.4 Å². The summed E-state index contributed by atoms with van der Waals surface area (Å²) in [5.74, 6) is -0.927. The Morgan fingerprint density at radius 3 is 2.70 bits per heavy atom. The molecular weight excluding hydrogens is 364 g/mol. The lowest BCUT2D eigenvalue weighted by atomic mass is 10.1. The number of aromatic nitrogens is 1. The number of amides is 1. The van der Waals surface area contributed by atoms with Crippen LogP contribution in [0.4, 0.5) is 0 Å². The van der Waals surface area contributed by atoms with Gasteiger partial charge in [-0.1, -0.05) is 35.4 Å². The van der Waals surface area contributed by atoms with Gasteiger partial charge in [-0.05, 0) is 49.7 Å². The van der Waals surface area contributed by atoms with E-state index in [2.05, 4.69) is 10.3 Å². The van der Waals surface area contributed by atoms with E-state index in [4.69, 9.17) is 16.3 Å². The molecule has 2 aromatic carbocycles. The summed E-state index contributed by atoms with van der Waals surface area (Å²) in [6.45, 7) is 3.72. The Morgan fingerprint density at radius 2 is 1.93 bits per heavy atom. The van der Waals surface area contributed by atoms with E-state index in [0.29, 0.717) is 28.2 Å². The number of nitrogens with zero attached hydrogens (tertiary/aromatic N) is 1. The number of pyridine rings is 1. The number of benzene rings is 2. The summed E-state index contributed by atoms with van der Waals surface area (Å²) in [5.41, 5.74) is 3.72. The molecule has 3 aromatic rings. The van der Waals surface area contributed by atoms with E-state index in [1.165, 1.54) is 0 Å². The quantitative estimate of drug-likeness (QED) is 0.678. The van der Waals surface area contributed by atoms with Gasteiger partial charge in [-0.15, -0.1) is 0 Å². The molecule has 1 amide bonds. The lowest BCUT2D eigenvalue weighted by molar-refractivity contribution is -0.124. The molecule has 0 saturated heterocycles. The largest absolute Gasteiger partial charge is 0.452 e. The summed E-state index contributed by atoms with van der Waals surface area (Å²) in [6.07, 6.45) is 0. The Balaban J connectivity index is 1.64. The van der Waals surface area contributed by atoms with Crippen LogP contribution in [0.15, 0.2) is 48.5 Å². The van der Waals surface area contributed by atoms with Crippen molar-refractivity contribution in [3.8, 4) is 0 Å². The first-order valence-electron chi connectivity index (χ1n) is 8.48. The summed E-state index contributed by atoms with van der Waals surface area (Å²) in [4.78, 5) is 28.9. The molecule has 0 aliphatic carbocycles. The molecule has 0 spiro atoms.